The molecule has 0 aliphatic heterocycles. The second-order valence-electron chi connectivity index (χ2n) is 5.26. The fraction of sp³-hybridized carbons (Fsp3) is 0.0588. The van der Waals surface area contributed by atoms with Gasteiger partial charge in [-0.15, -0.1) is 0 Å². The molecule has 0 saturated carbocycles. The lowest BCUT2D eigenvalue weighted by Gasteiger charge is -2.06. The number of aromatic nitrogens is 2. The summed E-state index contributed by atoms with van der Waals surface area (Å²) in [7, 11) is 0. The molecular weight excluding hydrogens is 337 g/mol. The minimum Gasteiger partial charge on any atom is -0.267 e. The van der Waals surface area contributed by atoms with Crippen molar-refractivity contribution in [1.29, 1.82) is 0 Å². The maximum absolute atomic E-state index is 12.8. The Balaban J connectivity index is 1.92. The molecule has 0 bridgehead atoms. The molecule has 0 spiro atoms. The molecule has 0 radical (unpaired) electrons. The molecule has 0 fully saturated rings. The lowest BCUT2D eigenvalue weighted by molar-refractivity contribution is -0.137. The smallest absolute Gasteiger partial charge is 0.267 e. The average molecular weight is 346 g/mol. The quantitative estimate of drug-likeness (QED) is 0.529. The number of halogens is 3. The Labute approximate surface area is 137 Å². The van der Waals surface area contributed by atoms with Crippen molar-refractivity contribution in [2.45, 2.75) is 6.18 Å². The summed E-state index contributed by atoms with van der Waals surface area (Å²) < 4.78 is 40.2. The maximum Gasteiger partial charge on any atom is 0.416 e. The Morgan fingerprint density at radius 3 is 2.67 bits per heavy atom. The molecule has 4 aromatic rings. The van der Waals surface area contributed by atoms with Crippen molar-refractivity contribution in [2.75, 3.05) is 0 Å². The van der Waals surface area contributed by atoms with Gasteiger partial charge in [0, 0.05) is 0 Å². The molecule has 24 heavy (non-hydrogen) atoms. The maximum atomic E-state index is 12.8. The number of alkyl halides is 3. The third-order valence-corrected chi connectivity index (χ3v) is 4.63. The standard InChI is InChI=1S/C17H9F3N2OS/c18-17(19,20)11-5-3-4-10(8-11)9-14-15(23)22-13-7-2-1-6-12(13)21-16(22)24-14/h1-9H/b14-9-. The average Bonchev–Trinajstić information content (AvgIpc) is 3.04. The minimum absolute atomic E-state index is 0.277. The molecule has 0 atom stereocenters. The van der Waals surface area contributed by atoms with Crippen molar-refractivity contribution in [2.24, 2.45) is 0 Å². The van der Waals surface area contributed by atoms with Crippen LogP contribution in [0.2, 0.25) is 0 Å². The van der Waals surface area contributed by atoms with Crippen LogP contribution in [0.1, 0.15) is 11.1 Å². The molecule has 0 N–H and O–H groups in total. The van der Waals surface area contributed by atoms with Crippen molar-refractivity contribution in [3.8, 4) is 0 Å². The van der Waals surface area contributed by atoms with Gasteiger partial charge in [-0.05, 0) is 35.9 Å². The molecule has 4 rings (SSSR count). The number of benzene rings is 2. The van der Waals surface area contributed by atoms with Crippen molar-refractivity contribution >= 4 is 33.4 Å². The van der Waals surface area contributed by atoms with E-state index in [0.717, 1.165) is 23.5 Å². The molecule has 2 aromatic heterocycles. The van der Waals surface area contributed by atoms with Crippen LogP contribution in [0.25, 0.3) is 22.1 Å². The lowest BCUT2D eigenvalue weighted by Crippen LogP contribution is -2.22. The summed E-state index contributed by atoms with van der Waals surface area (Å²) in [5, 5.41) is 0. The van der Waals surface area contributed by atoms with Crippen LogP contribution in [0.5, 0.6) is 0 Å². The Bertz CT molecular complexity index is 1170. The summed E-state index contributed by atoms with van der Waals surface area (Å²) in [6.45, 7) is 0. The first-order valence-electron chi connectivity index (χ1n) is 7.02. The van der Waals surface area contributed by atoms with Gasteiger partial charge < -0.3 is 0 Å². The van der Waals surface area contributed by atoms with Crippen LogP contribution in [0.3, 0.4) is 0 Å². The minimum atomic E-state index is -4.41. The predicted octanol–water partition coefficient (Wildman–Crippen LogP) is 3.48. The van der Waals surface area contributed by atoms with Crippen LogP contribution in [0.15, 0.2) is 53.3 Å². The van der Waals surface area contributed by atoms with Gasteiger partial charge >= 0.3 is 6.18 Å². The predicted molar refractivity (Wildman–Crippen MR) is 87.1 cm³/mol. The molecule has 0 saturated heterocycles. The van der Waals surface area contributed by atoms with E-state index in [2.05, 4.69) is 4.98 Å². The van der Waals surface area contributed by atoms with Gasteiger partial charge in [0.15, 0.2) is 4.96 Å². The summed E-state index contributed by atoms with van der Waals surface area (Å²) >= 11 is 1.16. The van der Waals surface area contributed by atoms with E-state index in [1.165, 1.54) is 22.6 Å². The highest BCUT2D eigenvalue weighted by Crippen LogP contribution is 2.29. The second-order valence-corrected chi connectivity index (χ2v) is 6.27. The zero-order chi connectivity index (χ0) is 16.9. The number of hydrogen-bond acceptors (Lipinski definition) is 3. The van der Waals surface area contributed by atoms with Crippen LogP contribution in [-0.2, 0) is 6.18 Å². The van der Waals surface area contributed by atoms with Crippen molar-refractivity contribution in [3.05, 3.63) is 74.5 Å². The largest absolute Gasteiger partial charge is 0.416 e. The summed E-state index contributed by atoms with van der Waals surface area (Å²) in [5.41, 5.74) is 0.719. The van der Waals surface area contributed by atoms with E-state index >= 15 is 0 Å². The number of rotatable bonds is 1. The van der Waals surface area contributed by atoms with E-state index in [9.17, 15) is 18.0 Å². The number of fused-ring (bicyclic) bond motifs is 3. The molecule has 3 nitrogen and oxygen atoms in total. The molecular formula is C17H9F3N2OS. The Morgan fingerprint density at radius 1 is 1.08 bits per heavy atom. The molecule has 2 aromatic carbocycles. The van der Waals surface area contributed by atoms with Crippen molar-refractivity contribution in [3.63, 3.8) is 0 Å². The Morgan fingerprint density at radius 2 is 1.88 bits per heavy atom. The van der Waals surface area contributed by atoms with Gasteiger partial charge in [-0.3, -0.25) is 4.79 Å². The van der Waals surface area contributed by atoms with Crippen LogP contribution >= 0.6 is 11.3 Å². The molecule has 7 heteroatoms. The monoisotopic (exact) mass is 346 g/mol. The van der Waals surface area contributed by atoms with E-state index in [4.69, 9.17) is 0 Å². The first kappa shape index (κ1) is 14.9. The van der Waals surface area contributed by atoms with Gasteiger partial charge in [0.05, 0.1) is 21.1 Å². The van der Waals surface area contributed by atoms with Crippen LogP contribution in [-0.4, -0.2) is 9.38 Å². The number of para-hydroxylation sites is 2. The van der Waals surface area contributed by atoms with E-state index in [1.807, 2.05) is 18.2 Å². The zero-order valence-electron chi connectivity index (χ0n) is 12.0. The third kappa shape index (κ3) is 2.37. The van der Waals surface area contributed by atoms with Gasteiger partial charge in [-0.1, -0.05) is 35.6 Å². The SMILES string of the molecule is O=c1/c(=C/c2cccc(C(F)(F)F)c2)sc2nc3ccccc3n12. The van der Waals surface area contributed by atoms with E-state index < -0.39 is 11.7 Å². The van der Waals surface area contributed by atoms with Crippen LogP contribution in [0.4, 0.5) is 13.2 Å². The Kier molecular flexibility index (Phi) is 3.21. The molecule has 0 amide bonds. The van der Waals surface area contributed by atoms with Crippen molar-refractivity contribution in [1.82, 2.24) is 9.38 Å². The number of hydrogen-bond donors (Lipinski definition) is 0. The summed E-state index contributed by atoms with van der Waals surface area (Å²) in [6, 6.07) is 12.1. The topological polar surface area (TPSA) is 34.4 Å². The van der Waals surface area contributed by atoms with E-state index in [1.54, 1.807) is 6.07 Å². The zero-order valence-corrected chi connectivity index (χ0v) is 12.9. The van der Waals surface area contributed by atoms with Crippen LogP contribution < -0.4 is 10.1 Å². The van der Waals surface area contributed by atoms with Gasteiger partial charge in [-0.25, -0.2) is 9.38 Å². The van der Waals surface area contributed by atoms with E-state index in [0.29, 0.717) is 26.1 Å². The summed E-state index contributed by atoms with van der Waals surface area (Å²) in [6.07, 6.45) is -2.95. The van der Waals surface area contributed by atoms with Crippen molar-refractivity contribution < 1.29 is 13.2 Å². The number of imidazole rings is 1. The third-order valence-electron chi connectivity index (χ3n) is 3.66. The number of nitrogens with zero attached hydrogens (tertiary/aromatic N) is 2. The van der Waals surface area contributed by atoms with Crippen LogP contribution in [0, 0.1) is 0 Å². The van der Waals surface area contributed by atoms with Gasteiger partial charge in [-0.2, -0.15) is 13.2 Å². The summed E-state index contributed by atoms with van der Waals surface area (Å²) in [5.74, 6) is 0. The normalized spacial score (nSPS) is 13.2. The highest BCUT2D eigenvalue weighted by molar-refractivity contribution is 7.15. The van der Waals surface area contributed by atoms with Gasteiger partial charge in [0.2, 0.25) is 0 Å². The molecule has 0 aliphatic carbocycles. The molecule has 0 unspecified atom stereocenters. The lowest BCUT2D eigenvalue weighted by atomic mass is 10.1. The first-order valence-corrected chi connectivity index (χ1v) is 7.84. The highest BCUT2D eigenvalue weighted by Gasteiger charge is 2.30. The van der Waals surface area contributed by atoms with Gasteiger partial charge in [0.1, 0.15) is 0 Å². The van der Waals surface area contributed by atoms with Gasteiger partial charge in [0.25, 0.3) is 5.56 Å². The second kappa shape index (κ2) is 5.17. The van der Waals surface area contributed by atoms with E-state index in [-0.39, 0.29) is 5.56 Å². The molecule has 120 valence electrons. The first-order chi connectivity index (χ1) is 11.4. The molecule has 2 heterocycles. The fourth-order valence-electron chi connectivity index (χ4n) is 2.57. The summed E-state index contributed by atoms with van der Waals surface area (Å²) in [4.78, 5) is 17.5. The fourth-order valence-corrected chi connectivity index (χ4v) is 3.55. The highest BCUT2D eigenvalue weighted by atomic mass is 32.1. The molecule has 0 aliphatic rings. The number of thiazole rings is 1. The Hall–Kier alpha value is -2.67.